The number of aliphatic carboxylic acids is 1. The van der Waals surface area contributed by atoms with E-state index in [-0.39, 0.29) is 32.8 Å². The molecular weight excluding hydrogens is 300 g/mol. The van der Waals surface area contributed by atoms with Crippen LogP contribution in [0.3, 0.4) is 0 Å². The average molecular weight is 322 g/mol. The number of carbonyl (C=O) groups is 2. The summed E-state index contributed by atoms with van der Waals surface area (Å²) in [5, 5.41) is 9.02. The van der Waals surface area contributed by atoms with Crippen LogP contribution in [-0.2, 0) is 24.5 Å². The molecule has 9 heteroatoms. The number of carbonyl (C=O) groups excluding carboxylic acids is 1. The molecule has 0 saturated carbocycles. The summed E-state index contributed by atoms with van der Waals surface area (Å²) in [4.78, 5) is 22.5. The Morgan fingerprint density at radius 3 is 2.57 bits per heavy atom. The van der Waals surface area contributed by atoms with Crippen LogP contribution in [-0.4, -0.2) is 66.9 Å². The highest BCUT2D eigenvalue weighted by molar-refractivity contribution is 7.86. The lowest BCUT2D eigenvalue weighted by Gasteiger charge is -2.33. The summed E-state index contributed by atoms with van der Waals surface area (Å²) in [7, 11) is -3.85. The Morgan fingerprint density at radius 2 is 2.05 bits per heavy atom. The summed E-state index contributed by atoms with van der Waals surface area (Å²) in [6, 6.07) is 0. The standard InChI is InChI=1S/C12H22N2O6S/c1-3-13(9-11(15)20-4-2)21(18,19)14-7-5-6-10(8-14)12(16)17/h10H,3-9H2,1-2H3,(H,16,17). The maximum atomic E-state index is 12.5. The highest BCUT2D eigenvalue weighted by atomic mass is 32.2. The zero-order valence-electron chi connectivity index (χ0n) is 12.3. The van der Waals surface area contributed by atoms with Gasteiger partial charge in [0.15, 0.2) is 0 Å². The number of ether oxygens (including phenoxy) is 1. The first kappa shape index (κ1) is 17.9. The summed E-state index contributed by atoms with van der Waals surface area (Å²) in [5.74, 6) is -2.31. The van der Waals surface area contributed by atoms with Crippen molar-refractivity contribution in [2.24, 2.45) is 5.92 Å². The third-order valence-corrected chi connectivity index (χ3v) is 5.37. The lowest BCUT2D eigenvalue weighted by molar-refractivity contribution is -0.144. The van der Waals surface area contributed by atoms with Crippen molar-refractivity contribution in [1.29, 1.82) is 0 Å². The van der Waals surface area contributed by atoms with Gasteiger partial charge in [-0.2, -0.15) is 17.0 Å². The van der Waals surface area contributed by atoms with Crippen molar-refractivity contribution in [3.8, 4) is 0 Å². The molecule has 0 bridgehead atoms. The fourth-order valence-electron chi connectivity index (χ4n) is 2.22. The number of carboxylic acids is 1. The minimum absolute atomic E-state index is 0.0585. The molecule has 1 fully saturated rings. The van der Waals surface area contributed by atoms with E-state index in [0.717, 1.165) is 8.61 Å². The summed E-state index contributed by atoms with van der Waals surface area (Å²) < 4.78 is 31.9. The summed E-state index contributed by atoms with van der Waals surface area (Å²) in [5.41, 5.74) is 0. The molecule has 1 rings (SSSR count). The van der Waals surface area contributed by atoms with E-state index in [1.54, 1.807) is 13.8 Å². The minimum atomic E-state index is -3.85. The number of carboxylic acid groups (broad SMARTS) is 1. The van der Waals surface area contributed by atoms with E-state index in [2.05, 4.69) is 0 Å². The Morgan fingerprint density at radius 1 is 1.38 bits per heavy atom. The molecule has 21 heavy (non-hydrogen) atoms. The van der Waals surface area contributed by atoms with Crippen LogP contribution in [0.4, 0.5) is 0 Å². The molecule has 1 saturated heterocycles. The number of likely N-dealkylation sites (N-methyl/N-ethyl adjacent to an activating group) is 1. The van der Waals surface area contributed by atoms with Crippen LogP contribution >= 0.6 is 0 Å². The molecule has 1 atom stereocenters. The topological polar surface area (TPSA) is 104 Å². The molecule has 0 spiro atoms. The third-order valence-electron chi connectivity index (χ3n) is 3.35. The molecule has 1 unspecified atom stereocenters. The lowest BCUT2D eigenvalue weighted by atomic mass is 10.0. The molecule has 0 aliphatic carbocycles. The predicted molar refractivity (Wildman–Crippen MR) is 74.7 cm³/mol. The molecule has 1 aliphatic rings. The molecule has 0 radical (unpaired) electrons. The monoisotopic (exact) mass is 322 g/mol. The van der Waals surface area contributed by atoms with Gasteiger partial charge in [0.25, 0.3) is 10.2 Å². The van der Waals surface area contributed by atoms with Gasteiger partial charge < -0.3 is 9.84 Å². The SMILES string of the molecule is CCOC(=O)CN(CC)S(=O)(=O)N1CCCC(C(=O)O)C1. The zero-order chi connectivity index (χ0) is 16.0. The number of hydrogen-bond acceptors (Lipinski definition) is 5. The van der Waals surface area contributed by atoms with E-state index in [1.165, 1.54) is 0 Å². The fraction of sp³-hybridized carbons (Fsp3) is 0.833. The van der Waals surface area contributed by atoms with E-state index in [9.17, 15) is 18.0 Å². The van der Waals surface area contributed by atoms with Crippen LogP contribution in [0.2, 0.25) is 0 Å². The number of hydrogen-bond donors (Lipinski definition) is 1. The average Bonchev–Trinajstić information content (AvgIpc) is 2.45. The van der Waals surface area contributed by atoms with E-state index in [0.29, 0.717) is 12.8 Å². The molecule has 1 aliphatic heterocycles. The quantitative estimate of drug-likeness (QED) is 0.657. The van der Waals surface area contributed by atoms with E-state index in [1.807, 2.05) is 0 Å². The van der Waals surface area contributed by atoms with Gasteiger partial charge in [0.1, 0.15) is 6.54 Å². The maximum absolute atomic E-state index is 12.5. The van der Waals surface area contributed by atoms with Gasteiger partial charge in [0.2, 0.25) is 0 Å². The van der Waals surface area contributed by atoms with Crippen LogP contribution in [0, 0.1) is 5.92 Å². The molecule has 1 N–H and O–H groups in total. The van der Waals surface area contributed by atoms with Crippen LogP contribution in [0.25, 0.3) is 0 Å². The smallest absolute Gasteiger partial charge is 0.321 e. The lowest BCUT2D eigenvalue weighted by Crippen LogP contribution is -2.50. The summed E-state index contributed by atoms with van der Waals surface area (Å²) in [6.45, 7) is 3.42. The molecule has 0 aromatic rings. The number of esters is 1. The molecular formula is C12H22N2O6S. The first-order valence-electron chi connectivity index (χ1n) is 6.96. The Hall–Kier alpha value is -1.19. The Kier molecular flexibility index (Phi) is 6.56. The number of piperidine rings is 1. The van der Waals surface area contributed by atoms with Gasteiger partial charge in [-0.3, -0.25) is 9.59 Å². The van der Waals surface area contributed by atoms with Crippen molar-refractivity contribution < 1.29 is 27.9 Å². The van der Waals surface area contributed by atoms with Gasteiger partial charge >= 0.3 is 11.9 Å². The normalized spacial score (nSPS) is 20.4. The van der Waals surface area contributed by atoms with Gasteiger partial charge in [-0.1, -0.05) is 6.92 Å². The van der Waals surface area contributed by atoms with Crippen molar-refractivity contribution in [1.82, 2.24) is 8.61 Å². The Balaban J connectivity index is 2.81. The van der Waals surface area contributed by atoms with Crippen molar-refractivity contribution in [3.05, 3.63) is 0 Å². The fourth-order valence-corrected chi connectivity index (χ4v) is 3.87. The van der Waals surface area contributed by atoms with E-state index < -0.39 is 28.1 Å². The summed E-state index contributed by atoms with van der Waals surface area (Å²) >= 11 is 0. The first-order chi connectivity index (χ1) is 9.82. The largest absolute Gasteiger partial charge is 0.481 e. The van der Waals surface area contributed by atoms with Crippen molar-refractivity contribution in [3.63, 3.8) is 0 Å². The predicted octanol–water partition coefficient (Wildman–Crippen LogP) is -0.0872. The molecule has 1 heterocycles. The zero-order valence-corrected chi connectivity index (χ0v) is 13.1. The Labute approximate surface area is 124 Å². The van der Waals surface area contributed by atoms with E-state index in [4.69, 9.17) is 9.84 Å². The number of nitrogens with zero attached hydrogens (tertiary/aromatic N) is 2. The maximum Gasteiger partial charge on any atom is 0.321 e. The number of rotatable bonds is 7. The molecule has 0 amide bonds. The molecule has 8 nitrogen and oxygen atoms in total. The second-order valence-electron chi connectivity index (χ2n) is 4.77. The van der Waals surface area contributed by atoms with Crippen molar-refractivity contribution in [2.75, 3.05) is 32.8 Å². The highest BCUT2D eigenvalue weighted by Crippen LogP contribution is 2.21. The van der Waals surface area contributed by atoms with Gasteiger partial charge in [-0.25, -0.2) is 0 Å². The Bertz CT molecular complexity index is 478. The van der Waals surface area contributed by atoms with Crippen LogP contribution in [0.5, 0.6) is 0 Å². The van der Waals surface area contributed by atoms with Gasteiger partial charge in [0, 0.05) is 19.6 Å². The molecule has 0 aromatic carbocycles. The van der Waals surface area contributed by atoms with E-state index >= 15 is 0 Å². The summed E-state index contributed by atoms with van der Waals surface area (Å²) in [6.07, 6.45) is 0.957. The van der Waals surface area contributed by atoms with Crippen LogP contribution in [0.1, 0.15) is 26.7 Å². The molecule has 122 valence electrons. The van der Waals surface area contributed by atoms with Crippen molar-refractivity contribution in [2.45, 2.75) is 26.7 Å². The third kappa shape index (κ3) is 4.65. The first-order valence-corrected chi connectivity index (χ1v) is 8.36. The van der Waals surface area contributed by atoms with Gasteiger partial charge in [-0.15, -0.1) is 0 Å². The van der Waals surface area contributed by atoms with Gasteiger partial charge in [0.05, 0.1) is 12.5 Å². The van der Waals surface area contributed by atoms with Crippen LogP contribution < -0.4 is 0 Å². The second-order valence-corrected chi connectivity index (χ2v) is 6.70. The van der Waals surface area contributed by atoms with Crippen molar-refractivity contribution >= 4 is 22.1 Å². The minimum Gasteiger partial charge on any atom is -0.481 e. The highest BCUT2D eigenvalue weighted by Gasteiger charge is 2.36. The second kappa shape index (κ2) is 7.71. The van der Waals surface area contributed by atoms with Gasteiger partial charge in [-0.05, 0) is 19.8 Å². The van der Waals surface area contributed by atoms with Crippen LogP contribution in [0.15, 0.2) is 0 Å². The molecule has 0 aromatic heterocycles.